The van der Waals surface area contributed by atoms with Gasteiger partial charge in [0.25, 0.3) is 0 Å². The van der Waals surface area contributed by atoms with Crippen molar-refractivity contribution in [1.82, 2.24) is 14.5 Å². The fourth-order valence-corrected chi connectivity index (χ4v) is 8.30. The summed E-state index contributed by atoms with van der Waals surface area (Å²) >= 11 is 0. The number of amides is 2. The molecule has 0 radical (unpaired) electrons. The number of nitrogen functional groups attached to an aromatic ring is 1. The number of hydrogen-bond donors (Lipinski definition) is 4. The molecule has 2 saturated heterocycles. The molecule has 13 nitrogen and oxygen atoms in total. The monoisotopic (exact) mass is 690 g/mol. The molecule has 48 heavy (non-hydrogen) atoms. The van der Waals surface area contributed by atoms with Crippen molar-refractivity contribution in [2.24, 2.45) is 11.3 Å². The van der Waals surface area contributed by atoms with Crippen molar-refractivity contribution in [3.05, 3.63) is 60.2 Å². The number of carboxylic acid groups (broad SMARTS) is 1. The summed E-state index contributed by atoms with van der Waals surface area (Å²) in [6.45, 7) is 6.57. The van der Waals surface area contributed by atoms with E-state index in [0.717, 1.165) is 5.56 Å². The largest absolute Gasteiger partial charge is 0.465 e. The van der Waals surface area contributed by atoms with Gasteiger partial charge >= 0.3 is 12.2 Å². The molecule has 2 heterocycles. The normalized spacial score (nSPS) is 20.6. The van der Waals surface area contributed by atoms with Crippen LogP contribution in [0.1, 0.15) is 52.0 Å². The third-order valence-corrected chi connectivity index (χ3v) is 10.8. The highest BCUT2D eigenvalue weighted by molar-refractivity contribution is 7.89. The summed E-state index contributed by atoms with van der Waals surface area (Å²) in [7, 11) is -4.18. The lowest BCUT2D eigenvalue weighted by molar-refractivity contribution is -0.0906. The number of carbonyl (C=O) groups excluding carboxylic acids is 1. The maximum atomic E-state index is 14.2. The summed E-state index contributed by atoms with van der Waals surface area (Å²) in [5.41, 5.74) is 6.50. The zero-order chi connectivity index (χ0) is 34.9. The quantitative estimate of drug-likeness (QED) is 0.140. The molecule has 5 atom stereocenters. The molecule has 0 aromatic heterocycles. The van der Waals surface area contributed by atoms with Crippen LogP contribution in [-0.2, 0) is 30.7 Å². The molecule has 14 heteroatoms. The summed E-state index contributed by atoms with van der Waals surface area (Å²) in [6.07, 6.45) is -0.863. The second kappa shape index (κ2) is 16.8. The highest BCUT2D eigenvalue weighted by Gasteiger charge is 2.49. The number of ether oxygens (including phenoxy) is 3. The van der Waals surface area contributed by atoms with E-state index in [2.05, 4.69) is 5.32 Å². The summed E-state index contributed by atoms with van der Waals surface area (Å²) in [6, 6.07) is 13.7. The number of aliphatic hydroxyl groups is 1. The van der Waals surface area contributed by atoms with Crippen molar-refractivity contribution in [3.63, 3.8) is 0 Å². The lowest BCUT2D eigenvalue weighted by Crippen LogP contribution is -2.58. The lowest BCUT2D eigenvalue weighted by atomic mass is 9.87. The number of alkyl carbamates (subject to hydrolysis) is 1. The van der Waals surface area contributed by atoms with Crippen LogP contribution in [0.5, 0.6) is 0 Å². The van der Waals surface area contributed by atoms with E-state index in [1.54, 1.807) is 19.1 Å². The van der Waals surface area contributed by atoms with E-state index in [4.69, 9.17) is 19.9 Å². The summed E-state index contributed by atoms with van der Waals surface area (Å²) < 4.78 is 46.1. The second-order valence-electron chi connectivity index (χ2n) is 13.2. The molecule has 0 aliphatic carbocycles. The predicted octanol–water partition coefficient (Wildman–Crippen LogP) is 3.92. The number of sulfonamides is 1. The molecular formula is C34H50N4O9S. The Morgan fingerprint density at radius 2 is 1.88 bits per heavy atom. The molecular weight excluding hydrogens is 640 g/mol. The van der Waals surface area contributed by atoms with Crippen LogP contribution in [-0.4, -0.2) is 104 Å². The molecule has 0 bridgehead atoms. The standard InChI is InChI=1S/C34H50N4O9S/c1-4-45-32(40)36-17-9-8-16-34(2,3)23-37(48(43,44)26-14-10-13-25(35)20-26)21-30(39)28(19-24-11-6-5-7-12-24)38(33(41)42)29-22-47-31-27(29)15-18-46-31/h5-7,10-14,20,27-31,39H,4,8-9,15-19,21-23,35H2,1-3H3,(H,36,40)(H,41,42)/t27-,28-,29-,30+,31+/m0/s1. The number of carbonyl (C=O) groups is 2. The van der Waals surface area contributed by atoms with Gasteiger partial charge in [-0.2, -0.15) is 4.31 Å². The van der Waals surface area contributed by atoms with Gasteiger partial charge in [0.05, 0.1) is 42.9 Å². The van der Waals surface area contributed by atoms with Crippen LogP contribution < -0.4 is 11.1 Å². The van der Waals surface area contributed by atoms with Gasteiger partial charge in [-0.1, -0.05) is 56.7 Å². The topological polar surface area (TPSA) is 181 Å². The number of nitrogens with zero attached hydrogens (tertiary/aromatic N) is 2. The molecule has 0 spiro atoms. The van der Waals surface area contributed by atoms with Gasteiger partial charge in [-0.15, -0.1) is 0 Å². The zero-order valence-electron chi connectivity index (χ0n) is 28.0. The number of benzene rings is 2. The number of aliphatic hydroxyl groups excluding tert-OH is 1. The average Bonchev–Trinajstić information content (AvgIpc) is 3.66. The third kappa shape index (κ3) is 9.82. The first kappa shape index (κ1) is 37.4. The van der Waals surface area contributed by atoms with Crippen LogP contribution >= 0.6 is 0 Å². The van der Waals surface area contributed by atoms with Crippen LogP contribution in [0.2, 0.25) is 0 Å². The van der Waals surface area contributed by atoms with Crippen LogP contribution in [0.3, 0.4) is 0 Å². The Balaban J connectivity index is 1.61. The minimum absolute atomic E-state index is 0.0195. The second-order valence-corrected chi connectivity index (χ2v) is 15.2. The Morgan fingerprint density at radius 1 is 1.12 bits per heavy atom. The molecule has 2 aromatic rings. The van der Waals surface area contributed by atoms with Crippen molar-refractivity contribution in [1.29, 1.82) is 0 Å². The van der Waals surface area contributed by atoms with Crippen LogP contribution in [0, 0.1) is 11.3 Å². The Labute approximate surface area is 283 Å². The van der Waals surface area contributed by atoms with Gasteiger partial charge in [-0.25, -0.2) is 18.0 Å². The van der Waals surface area contributed by atoms with Crippen LogP contribution in [0.25, 0.3) is 0 Å². The highest BCUT2D eigenvalue weighted by atomic mass is 32.2. The van der Waals surface area contributed by atoms with Gasteiger partial charge in [0.15, 0.2) is 6.29 Å². The fourth-order valence-electron chi connectivity index (χ4n) is 6.59. The first-order valence-corrected chi connectivity index (χ1v) is 18.0. The van der Waals surface area contributed by atoms with E-state index in [0.29, 0.717) is 38.8 Å². The van der Waals surface area contributed by atoms with E-state index in [-0.39, 0.29) is 49.2 Å². The molecule has 2 aromatic carbocycles. The summed E-state index contributed by atoms with van der Waals surface area (Å²) in [5, 5.41) is 25.3. The molecule has 266 valence electrons. The number of nitrogens with one attached hydrogen (secondary N) is 1. The maximum absolute atomic E-state index is 14.2. The number of nitrogens with two attached hydrogens (primary N) is 1. The molecule has 5 N–H and O–H groups in total. The average molecular weight is 691 g/mol. The van der Waals surface area contributed by atoms with Crippen molar-refractivity contribution in [3.8, 4) is 0 Å². The van der Waals surface area contributed by atoms with Crippen LogP contribution in [0.4, 0.5) is 15.3 Å². The van der Waals surface area contributed by atoms with Gasteiger partial charge in [0.1, 0.15) is 0 Å². The van der Waals surface area contributed by atoms with E-state index in [1.165, 1.54) is 21.3 Å². The third-order valence-electron chi connectivity index (χ3n) is 8.99. The fraction of sp³-hybridized carbons (Fsp3) is 0.588. The zero-order valence-corrected chi connectivity index (χ0v) is 28.8. The molecule has 2 aliphatic rings. The minimum atomic E-state index is -4.18. The molecule has 4 rings (SSSR count). The minimum Gasteiger partial charge on any atom is -0.465 e. The Kier molecular flexibility index (Phi) is 13.1. The van der Waals surface area contributed by atoms with Gasteiger partial charge in [0, 0.05) is 31.2 Å². The smallest absolute Gasteiger partial charge is 0.407 e. The SMILES string of the molecule is CCOC(=O)NCCCCC(C)(C)CN(C[C@@H](O)[C@H](Cc1ccccc1)N(C(=O)O)[C@H]1CO[C@H]2OCC[C@H]21)S(=O)(=O)c1cccc(N)c1. The number of anilines is 1. The Morgan fingerprint density at radius 3 is 2.56 bits per heavy atom. The Bertz CT molecular complexity index is 1460. The number of unbranched alkanes of at least 4 members (excludes halogenated alkanes) is 1. The highest BCUT2D eigenvalue weighted by Crippen LogP contribution is 2.36. The molecule has 0 unspecified atom stereocenters. The number of rotatable bonds is 17. The van der Waals surface area contributed by atoms with E-state index >= 15 is 0 Å². The predicted molar refractivity (Wildman–Crippen MR) is 180 cm³/mol. The van der Waals surface area contributed by atoms with E-state index < -0.39 is 52.1 Å². The maximum Gasteiger partial charge on any atom is 0.407 e. The van der Waals surface area contributed by atoms with Crippen molar-refractivity contribution in [2.45, 2.75) is 82.2 Å². The van der Waals surface area contributed by atoms with Gasteiger partial charge < -0.3 is 35.5 Å². The lowest BCUT2D eigenvalue weighted by Gasteiger charge is -2.40. The first-order chi connectivity index (χ1) is 22.8. The molecule has 0 saturated carbocycles. The summed E-state index contributed by atoms with van der Waals surface area (Å²) in [4.78, 5) is 25.8. The van der Waals surface area contributed by atoms with Crippen molar-refractivity contribution >= 4 is 27.9 Å². The van der Waals surface area contributed by atoms with Gasteiger partial charge in [-0.05, 0) is 61.8 Å². The van der Waals surface area contributed by atoms with Crippen molar-refractivity contribution < 1.29 is 42.4 Å². The number of fused-ring (bicyclic) bond motifs is 1. The number of hydrogen-bond acceptors (Lipinski definition) is 9. The molecule has 2 amide bonds. The van der Waals surface area contributed by atoms with Gasteiger partial charge in [-0.3, -0.25) is 4.90 Å². The molecule has 2 fully saturated rings. The summed E-state index contributed by atoms with van der Waals surface area (Å²) in [5.74, 6) is -0.198. The van der Waals surface area contributed by atoms with E-state index in [9.17, 15) is 28.2 Å². The van der Waals surface area contributed by atoms with Crippen molar-refractivity contribution in [2.75, 3.05) is 45.2 Å². The van der Waals surface area contributed by atoms with E-state index in [1.807, 2.05) is 44.2 Å². The Hall–Kier alpha value is -3.43. The first-order valence-electron chi connectivity index (χ1n) is 16.5. The van der Waals surface area contributed by atoms with Crippen LogP contribution in [0.15, 0.2) is 59.5 Å². The van der Waals surface area contributed by atoms with Gasteiger partial charge in [0.2, 0.25) is 10.0 Å². The molecule has 2 aliphatic heterocycles.